The molecule has 1 aromatic heterocycles. The Morgan fingerprint density at radius 2 is 1.95 bits per heavy atom. The number of ether oxygens (including phenoxy) is 1. The Kier molecular flexibility index (Phi) is 2.43. The Morgan fingerprint density at radius 3 is 2.85 bits per heavy atom. The van der Waals surface area contributed by atoms with Crippen LogP contribution in [0.4, 0.5) is 0 Å². The molecule has 0 saturated carbocycles. The summed E-state index contributed by atoms with van der Waals surface area (Å²) < 4.78 is 5.28. The van der Waals surface area contributed by atoms with Crippen LogP contribution in [0.1, 0.15) is 16.8 Å². The number of allylic oxidation sites excluding steroid dienone is 1. The van der Waals surface area contributed by atoms with Crippen LogP contribution in [0.15, 0.2) is 54.6 Å². The Labute approximate surface area is 117 Å². The van der Waals surface area contributed by atoms with Gasteiger partial charge in [0.15, 0.2) is 0 Å². The molecule has 1 heterocycles. The molecular formula is C18H15NO. The molecule has 98 valence electrons. The normalized spacial score (nSPS) is 13.3. The average Bonchev–Trinajstić information content (AvgIpc) is 3.09. The highest BCUT2D eigenvalue weighted by Gasteiger charge is 2.16. The summed E-state index contributed by atoms with van der Waals surface area (Å²) in [5.41, 5.74) is 6.37. The lowest BCUT2D eigenvalue weighted by Gasteiger charge is -2.02. The molecule has 2 heteroatoms. The van der Waals surface area contributed by atoms with Crippen molar-refractivity contribution in [2.45, 2.75) is 6.42 Å². The lowest BCUT2D eigenvalue weighted by atomic mass is 10.0. The molecular weight excluding hydrogens is 246 g/mol. The zero-order chi connectivity index (χ0) is 13.5. The first-order valence-electron chi connectivity index (χ1n) is 6.81. The molecule has 1 aliphatic rings. The van der Waals surface area contributed by atoms with E-state index in [0.29, 0.717) is 0 Å². The Morgan fingerprint density at radius 1 is 1.05 bits per heavy atom. The van der Waals surface area contributed by atoms with E-state index < -0.39 is 0 Å². The molecule has 0 saturated heterocycles. The summed E-state index contributed by atoms with van der Waals surface area (Å²) in [6.07, 6.45) is 3.32. The molecule has 0 spiro atoms. The quantitative estimate of drug-likeness (QED) is 0.736. The Bertz CT molecular complexity index is 826. The highest BCUT2D eigenvalue weighted by atomic mass is 16.5. The van der Waals surface area contributed by atoms with Gasteiger partial charge in [0.25, 0.3) is 0 Å². The average molecular weight is 261 g/mol. The van der Waals surface area contributed by atoms with Crippen LogP contribution in [0.25, 0.3) is 16.5 Å². The number of rotatable bonds is 2. The second kappa shape index (κ2) is 4.27. The first-order valence-corrected chi connectivity index (χ1v) is 6.81. The molecule has 2 aromatic carbocycles. The van der Waals surface area contributed by atoms with E-state index in [2.05, 4.69) is 53.5 Å². The summed E-state index contributed by atoms with van der Waals surface area (Å²) in [4.78, 5) is 3.51. The van der Waals surface area contributed by atoms with Crippen molar-refractivity contribution in [2.75, 3.05) is 7.11 Å². The summed E-state index contributed by atoms with van der Waals surface area (Å²) in [7, 11) is 1.70. The van der Waals surface area contributed by atoms with Crippen LogP contribution in [0.5, 0.6) is 5.75 Å². The largest absolute Gasteiger partial charge is 0.497 e. The fourth-order valence-electron chi connectivity index (χ4n) is 2.92. The summed E-state index contributed by atoms with van der Waals surface area (Å²) >= 11 is 0. The van der Waals surface area contributed by atoms with Gasteiger partial charge < -0.3 is 9.72 Å². The van der Waals surface area contributed by atoms with E-state index in [1.54, 1.807) is 7.11 Å². The third kappa shape index (κ3) is 1.65. The fourth-order valence-corrected chi connectivity index (χ4v) is 2.92. The maximum atomic E-state index is 5.28. The van der Waals surface area contributed by atoms with Crippen LogP contribution in [-0.4, -0.2) is 12.1 Å². The second-order valence-electron chi connectivity index (χ2n) is 5.12. The summed E-state index contributed by atoms with van der Waals surface area (Å²) in [6.45, 7) is 0. The predicted molar refractivity (Wildman–Crippen MR) is 82.1 cm³/mol. The van der Waals surface area contributed by atoms with Gasteiger partial charge in [0.05, 0.1) is 7.11 Å². The van der Waals surface area contributed by atoms with Crippen molar-refractivity contribution in [3.8, 4) is 5.75 Å². The lowest BCUT2D eigenvalue weighted by Crippen LogP contribution is -1.86. The maximum absolute atomic E-state index is 5.28. The lowest BCUT2D eigenvalue weighted by molar-refractivity contribution is 0.415. The zero-order valence-electron chi connectivity index (χ0n) is 11.3. The van der Waals surface area contributed by atoms with E-state index in [1.165, 1.54) is 27.8 Å². The van der Waals surface area contributed by atoms with Crippen LogP contribution >= 0.6 is 0 Å². The molecule has 0 aliphatic heterocycles. The van der Waals surface area contributed by atoms with Crippen molar-refractivity contribution in [3.63, 3.8) is 0 Å². The highest BCUT2D eigenvalue weighted by Crippen LogP contribution is 2.34. The highest BCUT2D eigenvalue weighted by molar-refractivity contribution is 5.91. The van der Waals surface area contributed by atoms with E-state index in [4.69, 9.17) is 4.74 Å². The molecule has 1 N–H and O–H groups in total. The minimum atomic E-state index is 0.892. The number of hydrogen-bond donors (Lipinski definition) is 1. The van der Waals surface area contributed by atoms with Gasteiger partial charge in [-0.15, -0.1) is 0 Å². The molecule has 0 bridgehead atoms. The van der Waals surface area contributed by atoms with E-state index >= 15 is 0 Å². The summed E-state index contributed by atoms with van der Waals surface area (Å²) in [6, 6.07) is 16.9. The third-order valence-corrected chi connectivity index (χ3v) is 3.95. The first-order chi connectivity index (χ1) is 9.85. The van der Waals surface area contributed by atoms with Gasteiger partial charge in [0.2, 0.25) is 0 Å². The molecule has 2 nitrogen and oxygen atoms in total. The third-order valence-electron chi connectivity index (χ3n) is 3.95. The molecule has 0 unspecified atom stereocenters. The topological polar surface area (TPSA) is 25.0 Å². The van der Waals surface area contributed by atoms with E-state index in [1.807, 2.05) is 6.07 Å². The van der Waals surface area contributed by atoms with Crippen LogP contribution in [-0.2, 0) is 6.42 Å². The molecule has 20 heavy (non-hydrogen) atoms. The van der Waals surface area contributed by atoms with E-state index in [0.717, 1.165) is 17.7 Å². The summed E-state index contributed by atoms with van der Waals surface area (Å²) in [5, 5.41) is 1.18. The van der Waals surface area contributed by atoms with Crippen molar-refractivity contribution in [1.29, 1.82) is 0 Å². The van der Waals surface area contributed by atoms with E-state index in [9.17, 15) is 0 Å². The molecule has 0 radical (unpaired) electrons. The number of aromatic amines is 1. The standard InChI is InChI=1S/C18H15NO/c1-20-14-7-9-17-13(10-14)11-18(19-17)16-8-6-12-4-2-3-5-15(12)16/h2-5,7-11,19H,6H2,1H3. The van der Waals surface area contributed by atoms with Gasteiger partial charge in [-0.1, -0.05) is 30.3 Å². The minimum Gasteiger partial charge on any atom is -0.497 e. The number of hydrogen-bond acceptors (Lipinski definition) is 1. The molecule has 0 atom stereocenters. The van der Waals surface area contributed by atoms with Crippen molar-refractivity contribution in [3.05, 3.63) is 71.4 Å². The van der Waals surface area contributed by atoms with Gasteiger partial charge >= 0.3 is 0 Å². The van der Waals surface area contributed by atoms with Crippen molar-refractivity contribution in [1.82, 2.24) is 4.98 Å². The van der Waals surface area contributed by atoms with Crippen molar-refractivity contribution in [2.24, 2.45) is 0 Å². The van der Waals surface area contributed by atoms with Crippen LogP contribution in [0, 0.1) is 0 Å². The number of benzene rings is 2. The van der Waals surface area contributed by atoms with Crippen molar-refractivity contribution >= 4 is 16.5 Å². The van der Waals surface area contributed by atoms with Gasteiger partial charge in [0, 0.05) is 22.2 Å². The van der Waals surface area contributed by atoms with E-state index in [-0.39, 0.29) is 0 Å². The van der Waals surface area contributed by atoms with Crippen molar-refractivity contribution < 1.29 is 4.74 Å². The number of H-pyrrole nitrogens is 1. The zero-order valence-corrected chi connectivity index (χ0v) is 11.3. The SMILES string of the molecule is COc1ccc2[nH]c(C3=CCc4ccccc43)cc2c1. The Hall–Kier alpha value is -2.48. The van der Waals surface area contributed by atoms with Crippen LogP contribution in [0.2, 0.25) is 0 Å². The molecule has 3 aromatic rings. The smallest absolute Gasteiger partial charge is 0.119 e. The fraction of sp³-hybridized carbons (Fsp3) is 0.111. The molecule has 0 fully saturated rings. The van der Waals surface area contributed by atoms with Gasteiger partial charge in [-0.2, -0.15) is 0 Å². The number of nitrogens with one attached hydrogen (secondary N) is 1. The Balaban J connectivity index is 1.84. The van der Waals surface area contributed by atoms with Gasteiger partial charge in [-0.3, -0.25) is 0 Å². The van der Waals surface area contributed by atoms with Gasteiger partial charge in [-0.05, 0) is 41.8 Å². The monoisotopic (exact) mass is 261 g/mol. The number of aromatic nitrogens is 1. The second-order valence-corrected chi connectivity index (χ2v) is 5.12. The number of fused-ring (bicyclic) bond motifs is 2. The van der Waals surface area contributed by atoms with Crippen LogP contribution in [0.3, 0.4) is 0 Å². The number of methoxy groups -OCH3 is 1. The van der Waals surface area contributed by atoms with Gasteiger partial charge in [-0.25, -0.2) is 0 Å². The first kappa shape index (κ1) is 11.4. The van der Waals surface area contributed by atoms with Crippen LogP contribution < -0.4 is 4.74 Å². The molecule has 0 amide bonds. The molecule has 1 aliphatic carbocycles. The predicted octanol–water partition coefficient (Wildman–Crippen LogP) is 4.16. The molecule has 4 rings (SSSR count). The minimum absolute atomic E-state index is 0.892. The van der Waals surface area contributed by atoms with Gasteiger partial charge in [0.1, 0.15) is 5.75 Å². The summed E-state index contributed by atoms with van der Waals surface area (Å²) in [5.74, 6) is 0.892. The maximum Gasteiger partial charge on any atom is 0.119 e.